The lowest BCUT2D eigenvalue weighted by Gasteiger charge is -2.08. The topological polar surface area (TPSA) is 93.3 Å². The molecule has 2 N–H and O–H groups in total. The van der Waals surface area contributed by atoms with Crippen molar-refractivity contribution in [2.24, 2.45) is 0 Å². The van der Waals surface area contributed by atoms with E-state index in [-0.39, 0.29) is 0 Å². The zero-order valence-corrected chi connectivity index (χ0v) is 16.2. The maximum atomic E-state index is 12.4. The number of fused-ring (bicyclic) bond motifs is 1. The third-order valence-corrected chi connectivity index (χ3v) is 4.45. The summed E-state index contributed by atoms with van der Waals surface area (Å²) in [6.45, 7) is -0.397. The van der Waals surface area contributed by atoms with Gasteiger partial charge in [-0.2, -0.15) is 0 Å². The van der Waals surface area contributed by atoms with Crippen molar-refractivity contribution in [3.8, 4) is 17.1 Å². The minimum absolute atomic E-state index is 0.333. The standard InChI is InChI=1S/C23H19N3O4/c1-29-18-9-5-8-17(13-18)24-21(27)14-30-23(28)16-10-11-19-20(12-16)26-22(25-19)15-6-3-2-4-7-15/h2-13H,14H2,1H3,(H,24,27)(H,25,26). The molecule has 0 radical (unpaired) electrons. The molecule has 0 spiro atoms. The normalized spacial score (nSPS) is 10.6. The Kier molecular flexibility index (Phi) is 5.43. The van der Waals surface area contributed by atoms with E-state index in [2.05, 4.69) is 15.3 Å². The van der Waals surface area contributed by atoms with Crippen molar-refractivity contribution in [1.82, 2.24) is 9.97 Å². The summed E-state index contributed by atoms with van der Waals surface area (Å²) in [6.07, 6.45) is 0. The highest BCUT2D eigenvalue weighted by atomic mass is 16.5. The number of methoxy groups -OCH3 is 1. The monoisotopic (exact) mass is 401 g/mol. The molecule has 0 fully saturated rings. The van der Waals surface area contributed by atoms with Crippen LogP contribution in [0.2, 0.25) is 0 Å². The van der Waals surface area contributed by atoms with E-state index in [4.69, 9.17) is 9.47 Å². The average Bonchev–Trinajstić information content (AvgIpc) is 3.21. The smallest absolute Gasteiger partial charge is 0.338 e. The highest BCUT2D eigenvalue weighted by Crippen LogP contribution is 2.21. The van der Waals surface area contributed by atoms with Gasteiger partial charge >= 0.3 is 5.97 Å². The van der Waals surface area contributed by atoms with Gasteiger partial charge in [0.15, 0.2) is 6.61 Å². The van der Waals surface area contributed by atoms with Gasteiger partial charge in [0.05, 0.1) is 23.7 Å². The van der Waals surface area contributed by atoms with Gasteiger partial charge in [0.25, 0.3) is 5.91 Å². The van der Waals surface area contributed by atoms with Gasteiger partial charge in [0, 0.05) is 17.3 Å². The predicted molar refractivity (Wildman–Crippen MR) is 113 cm³/mol. The molecular weight excluding hydrogens is 382 g/mol. The summed E-state index contributed by atoms with van der Waals surface area (Å²) in [4.78, 5) is 32.2. The molecule has 3 aromatic carbocycles. The fourth-order valence-corrected chi connectivity index (χ4v) is 2.98. The lowest BCUT2D eigenvalue weighted by atomic mass is 10.2. The van der Waals surface area contributed by atoms with Crippen molar-refractivity contribution < 1.29 is 19.1 Å². The number of amides is 1. The molecule has 7 heteroatoms. The van der Waals surface area contributed by atoms with Crippen LogP contribution in [-0.4, -0.2) is 35.6 Å². The van der Waals surface area contributed by atoms with E-state index in [0.29, 0.717) is 28.3 Å². The van der Waals surface area contributed by atoms with Crippen LogP contribution >= 0.6 is 0 Å². The fourth-order valence-electron chi connectivity index (χ4n) is 2.98. The quantitative estimate of drug-likeness (QED) is 0.476. The Hall–Kier alpha value is -4.13. The maximum absolute atomic E-state index is 12.4. The minimum atomic E-state index is -0.589. The molecule has 1 amide bonds. The number of rotatable bonds is 6. The number of nitrogens with zero attached hydrogens (tertiary/aromatic N) is 1. The molecule has 0 bridgehead atoms. The first kappa shape index (κ1) is 19.2. The highest BCUT2D eigenvalue weighted by Gasteiger charge is 2.13. The molecule has 0 saturated carbocycles. The predicted octanol–water partition coefficient (Wildman–Crippen LogP) is 4.03. The Balaban J connectivity index is 1.41. The van der Waals surface area contributed by atoms with Crippen molar-refractivity contribution in [2.75, 3.05) is 19.0 Å². The van der Waals surface area contributed by atoms with Crippen molar-refractivity contribution in [1.29, 1.82) is 0 Å². The number of hydrogen-bond acceptors (Lipinski definition) is 5. The Labute approximate surface area is 172 Å². The van der Waals surface area contributed by atoms with Gasteiger partial charge in [-0.1, -0.05) is 36.4 Å². The summed E-state index contributed by atoms with van der Waals surface area (Å²) >= 11 is 0. The first-order valence-corrected chi connectivity index (χ1v) is 9.28. The molecule has 0 atom stereocenters. The molecule has 0 aliphatic heterocycles. The van der Waals surface area contributed by atoms with Crippen LogP contribution in [0.15, 0.2) is 72.8 Å². The van der Waals surface area contributed by atoms with Crippen LogP contribution in [0, 0.1) is 0 Å². The van der Waals surface area contributed by atoms with Crippen LogP contribution in [0.5, 0.6) is 5.75 Å². The molecule has 4 rings (SSSR count). The molecule has 0 unspecified atom stereocenters. The lowest BCUT2D eigenvalue weighted by Crippen LogP contribution is -2.20. The van der Waals surface area contributed by atoms with Gasteiger partial charge in [-0.05, 0) is 30.3 Å². The molecule has 0 saturated heterocycles. The SMILES string of the molecule is COc1cccc(NC(=O)COC(=O)c2ccc3nc(-c4ccccc4)[nH]c3c2)c1. The van der Waals surface area contributed by atoms with E-state index in [0.717, 1.165) is 11.1 Å². The fraction of sp³-hybridized carbons (Fsp3) is 0.0870. The maximum Gasteiger partial charge on any atom is 0.338 e. The van der Waals surface area contributed by atoms with E-state index in [1.165, 1.54) is 0 Å². The van der Waals surface area contributed by atoms with Gasteiger partial charge in [0.1, 0.15) is 11.6 Å². The second-order valence-electron chi connectivity index (χ2n) is 6.54. The zero-order valence-electron chi connectivity index (χ0n) is 16.2. The number of anilines is 1. The van der Waals surface area contributed by atoms with E-state index in [9.17, 15) is 9.59 Å². The lowest BCUT2D eigenvalue weighted by molar-refractivity contribution is -0.119. The Bertz CT molecular complexity index is 1200. The van der Waals surface area contributed by atoms with E-state index >= 15 is 0 Å². The highest BCUT2D eigenvalue weighted by molar-refractivity contribution is 5.97. The minimum Gasteiger partial charge on any atom is -0.497 e. The molecule has 150 valence electrons. The van der Waals surface area contributed by atoms with Gasteiger partial charge in [0.2, 0.25) is 0 Å². The molecule has 0 aliphatic carbocycles. The molecule has 1 heterocycles. The summed E-state index contributed by atoms with van der Waals surface area (Å²) in [5.41, 5.74) is 3.29. The van der Waals surface area contributed by atoms with Gasteiger partial charge in [-0.3, -0.25) is 4.79 Å². The number of carbonyl (C=O) groups is 2. The van der Waals surface area contributed by atoms with Crippen LogP contribution in [-0.2, 0) is 9.53 Å². The summed E-state index contributed by atoms with van der Waals surface area (Å²) < 4.78 is 10.3. The van der Waals surface area contributed by atoms with Gasteiger partial charge < -0.3 is 19.8 Å². The first-order chi connectivity index (χ1) is 14.6. The van der Waals surface area contributed by atoms with Crippen LogP contribution < -0.4 is 10.1 Å². The Morgan fingerprint density at radius 3 is 2.63 bits per heavy atom. The van der Waals surface area contributed by atoms with Crippen molar-refractivity contribution in [2.45, 2.75) is 0 Å². The third kappa shape index (κ3) is 4.30. The van der Waals surface area contributed by atoms with Crippen LogP contribution in [0.3, 0.4) is 0 Å². The van der Waals surface area contributed by atoms with Crippen molar-refractivity contribution in [3.05, 3.63) is 78.4 Å². The third-order valence-electron chi connectivity index (χ3n) is 4.45. The molecule has 0 aliphatic rings. The number of carbonyl (C=O) groups excluding carboxylic acids is 2. The summed E-state index contributed by atoms with van der Waals surface area (Å²) in [6, 6.07) is 21.7. The summed E-state index contributed by atoms with van der Waals surface area (Å²) in [5, 5.41) is 2.66. The Morgan fingerprint density at radius 1 is 1.00 bits per heavy atom. The van der Waals surface area contributed by atoms with Crippen LogP contribution in [0.4, 0.5) is 5.69 Å². The largest absolute Gasteiger partial charge is 0.497 e. The number of imidazole rings is 1. The van der Waals surface area contributed by atoms with Gasteiger partial charge in [-0.15, -0.1) is 0 Å². The van der Waals surface area contributed by atoms with Crippen LogP contribution in [0.25, 0.3) is 22.4 Å². The van der Waals surface area contributed by atoms with Crippen LogP contribution in [0.1, 0.15) is 10.4 Å². The number of aromatic nitrogens is 2. The van der Waals surface area contributed by atoms with E-state index in [1.54, 1.807) is 49.6 Å². The number of esters is 1. The number of benzene rings is 3. The average molecular weight is 401 g/mol. The number of hydrogen-bond donors (Lipinski definition) is 2. The second-order valence-corrected chi connectivity index (χ2v) is 6.54. The van der Waals surface area contributed by atoms with Crippen molar-refractivity contribution >= 4 is 28.6 Å². The number of ether oxygens (including phenoxy) is 2. The van der Waals surface area contributed by atoms with Gasteiger partial charge in [-0.25, -0.2) is 9.78 Å². The van der Waals surface area contributed by atoms with Crippen molar-refractivity contribution in [3.63, 3.8) is 0 Å². The molecule has 4 aromatic rings. The zero-order chi connectivity index (χ0) is 20.9. The van der Waals surface area contributed by atoms with E-state index < -0.39 is 18.5 Å². The number of nitrogens with one attached hydrogen (secondary N) is 2. The van der Waals surface area contributed by atoms with E-state index in [1.807, 2.05) is 30.3 Å². The summed E-state index contributed by atoms with van der Waals surface area (Å²) in [7, 11) is 1.54. The molecule has 1 aromatic heterocycles. The second kappa shape index (κ2) is 8.48. The Morgan fingerprint density at radius 2 is 1.83 bits per heavy atom. The first-order valence-electron chi connectivity index (χ1n) is 9.28. The number of aromatic amines is 1. The number of H-pyrrole nitrogens is 1. The summed E-state index contributed by atoms with van der Waals surface area (Å²) in [5.74, 6) is 0.306. The molecular formula is C23H19N3O4. The molecule has 30 heavy (non-hydrogen) atoms. The molecule has 7 nitrogen and oxygen atoms in total.